The first-order chi connectivity index (χ1) is 8.97. The number of anilines is 2. The van der Waals surface area contributed by atoms with Crippen LogP contribution in [0.3, 0.4) is 0 Å². The average Bonchev–Trinajstić information content (AvgIpc) is 2.33. The molecule has 2 aromatic rings. The number of hydrogen-bond acceptors (Lipinski definition) is 2. The summed E-state index contributed by atoms with van der Waals surface area (Å²) in [5.41, 5.74) is 7.89. The Morgan fingerprint density at radius 2 is 2.00 bits per heavy atom. The highest BCUT2D eigenvalue weighted by atomic mass is 79.9. The van der Waals surface area contributed by atoms with Gasteiger partial charge in [0, 0.05) is 10.2 Å². The molecular weight excluding hydrogens is 311 g/mol. The molecule has 0 spiro atoms. The monoisotopic (exact) mass is 322 g/mol. The van der Waals surface area contributed by atoms with Gasteiger partial charge in [-0.2, -0.15) is 0 Å². The lowest BCUT2D eigenvalue weighted by molar-refractivity contribution is 0.102. The lowest BCUT2D eigenvalue weighted by Crippen LogP contribution is -2.14. The zero-order chi connectivity index (χ0) is 14.0. The molecule has 0 unspecified atom stereocenters. The maximum absolute atomic E-state index is 13.1. The lowest BCUT2D eigenvalue weighted by Gasteiger charge is -2.09. The highest BCUT2D eigenvalue weighted by molar-refractivity contribution is 9.10. The molecule has 0 heterocycles. The van der Waals surface area contributed by atoms with Gasteiger partial charge in [-0.05, 0) is 58.7 Å². The zero-order valence-electron chi connectivity index (χ0n) is 10.2. The van der Waals surface area contributed by atoms with Crippen LogP contribution in [0.15, 0.2) is 40.9 Å². The van der Waals surface area contributed by atoms with Gasteiger partial charge in [-0.25, -0.2) is 4.39 Å². The van der Waals surface area contributed by atoms with Crippen molar-refractivity contribution in [1.82, 2.24) is 0 Å². The minimum absolute atomic E-state index is 0.363. The van der Waals surface area contributed by atoms with Gasteiger partial charge in [0.15, 0.2) is 0 Å². The van der Waals surface area contributed by atoms with Crippen LogP contribution in [-0.2, 0) is 0 Å². The van der Waals surface area contributed by atoms with Crippen LogP contribution >= 0.6 is 15.9 Å². The van der Waals surface area contributed by atoms with E-state index in [0.29, 0.717) is 21.4 Å². The number of nitrogens with one attached hydrogen (secondary N) is 1. The van der Waals surface area contributed by atoms with Crippen LogP contribution in [0.4, 0.5) is 15.8 Å². The number of carbonyl (C=O) groups is 1. The molecule has 0 aromatic heterocycles. The summed E-state index contributed by atoms with van der Waals surface area (Å²) in [7, 11) is 0. The first-order valence-corrected chi connectivity index (χ1v) is 6.39. The van der Waals surface area contributed by atoms with E-state index in [1.165, 1.54) is 18.2 Å². The Morgan fingerprint density at radius 1 is 1.26 bits per heavy atom. The van der Waals surface area contributed by atoms with Crippen molar-refractivity contribution in [2.45, 2.75) is 6.92 Å². The van der Waals surface area contributed by atoms with E-state index >= 15 is 0 Å². The summed E-state index contributed by atoms with van der Waals surface area (Å²) >= 11 is 3.25. The van der Waals surface area contributed by atoms with E-state index in [1.54, 1.807) is 18.2 Å². The molecule has 0 radical (unpaired) electrons. The van der Waals surface area contributed by atoms with Crippen molar-refractivity contribution < 1.29 is 9.18 Å². The molecule has 0 saturated heterocycles. The normalized spacial score (nSPS) is 10.3. The molecule has 0 bridgehead atoms. The fraction of sp³-hybridized carbons (Fsp3) is 0.0714. The summed E-state index contributed by atoms with van der Waals surface area (Å²) < 4.78 is 13.7. The van der Waals surface area contributed by atoms with Crippen LogP contribution in [0.25, 0.3) is 0 Å². The molecule has 1 amide bonds. The Bertz CT molecular complexity index is 643. The quantitative estimate of drug-likeness (QED) is 0.828. The molecule has 2 rings (SSSR count). The molecule has 5 heteroatoms. The molecule has 0 aliphatic heterocycles. The predicted octanol–water partition coefficient (Wildman–Crippen LogP) is 3.73. The fourth-order valence-corrected chi connectivity index (χ4v) is 2.02. The van der Waals surface area contributed by atoms with Crippen molar-refractivity contribution in [3.63, 3.8) is 0 Å². The molecule has 0 aliphatic carbocycles. The van der Waals surface area contributed by atoms with Gasteiger partial charge in [-0.1, -0.05) is 6.07 Å². The van der Waals surface area contributed by atoms with Crippen LogP contribution in [0, 0.1) is 12.7 Å². The van der Waals surface area contributed by atoms with Crippen LogP contribution < -0.4 is 11.1 Å². The molecular formula is C14H12BrFN2O. The second kappa shape index (κ2) is 5.40. The third-order valence-corrected chi connectivity index (χ3v) is 3.32. The van der Waals surface area contributed by atoms with Gasteiger partial charge >= 0.3 is 0 Å². The first kappa shape index (κ1) is 13.5. The van der Waals surface area contributed by atoms with Gasteiger partial charge in [0.25, 0.3) is 5.91 Å². The fourth-order valence-electron chi connectivity index (χ4n) is 1.67. The Hall–Kier alpha value is -1.88. The Labute approximate surface area is 118 Å². The summed E-state index contributed by atoms with van der Waals surface area (Å²) in [5.74, 6) is -0.792. The molecule has 2 aromatic carbocycles. The van der Waals surface area contributed by atoms with Crippen LogP contribution in [0.1, 0.15) is 15.9 Å². The summed E-state index contributed by atoms with van der Waals surface area (Å²) in [4.78, 5) is 12.1. The van der Waals surface area contributed by atoms with Gasteiger partial charge in [-0.15, -0.1) is 0 Å². The molecule has 0 aliphatic rings. The highest BCUT2D eigenvalue weighted by Crippen LogP contribution is 2.24. The summed E-state index contributed by atoms with van der Waals surface area (Å²) in [6.45, 7) is 1.89. The third-order valence-electron chi connectivity index (χ3n) is 2.63. The van der Waals surface area contributed by atoms with E-state index in [9.17, 15) is 9.18 Å². The Kier molecular flexibility index (Phi) is 3.85. The maximum Gasteiger partial charge on any atom is 0.257 e. The van der Waals surface area contributed by atoms with E-state index in [0.717, 1.165) is 5.56 Å². The number of benzene rings is 2. The molecule has 98 valence electrons. The van der Waals surface area contributed by atoms with Crippen molar-refractivity contribution >= 4 is 33.2 Å². The van der Waals surface area contributed by atoms with Gasteiger partial charge in [0.2, 0.25) is 0 Å². The number of hydrogen-bond donors (Lipinski definition) is 2. The van der Waals surface area contributed by atoms with Crippen LogP contribution in [-0.4, -0.2) is 5.91 Å². The largest absolute Gasteiger partial charge is 0.398 e. The van der Waals surface area contributed by atoms with Gasteiger partial charge in [-0.3, -0.25) is 4.79 Å². The number of rotatable bonds is 2. The standard InChI is InChI=1S/C14H12BrFN2O/c1-8-2-4-10(12(17)6-8)14(19)18-13-7-9(16)3-5-11(13)15/h2-7H,17H2,1H3,(H,18,19). The minimum atomic E-state index is -0.421. The van der Waals surface area contributed by atoms with Crippen molar-refractivity contribution in [2.75, 3.05) is 11.1 Å². The average molecular weight is 323 g/mol. The number of amides is 1. The number of nitrogen functional groups attached to an aromatic ring is 1. The van der Waals surface area contributed by atoms with E-state index in [2.05, 4.69) is 21.2 Å². The maximum atomic E-state index is 13.1. The second-order valence-corrected chi connectivity index (χ2v) is 5.02. The second-order valence-electron chi connectivity index (χ2n) is 4.17. The van der Waals surface area contributed by atoms with Crippen LogP contribution in [0.5, 0.6) is 0 Å². The van der Waals surface area contributed by atoms with Crippen molar-refractivity contribution in [1.29, 1.82) is 0 Å². The van der Waals surface area contributed by atoms with Crippen molar-refractivity contribution in [3.05, 3.63) is 57.8 Å². The van der Waals surface area contributed by atoms with Gasteiger partial charge < -0.3 is 11.1 Å². The minimum Gasteiger partial charge on any atom is -0.398 e. The molecule has 0 atom stereocenters. The first-order valence-electron chi connectivity index (χ1n) is 5.60. The summed E-state index contributed by atoms with van der Waals surface area (Å²) in [5, 5.41) is 2.62. The Balaban J connectivity index is 2.28. The van der Waals surface area contributed by atoms with Gasteiger partial charge in [0.1, 0.15) is 5.82 Å². The van der Waals surface area contributed by atoms with E-state index < -0.39 is 5.82 Å². The van der Waals surface area contributed by atoms with Gasteiger partial charge in [0.05, 0.1) is 11.3 Å². The number of aryl methyl sites for hydroxylation is 1. The van der Waals surface area contributed by atoms with Crippen molar-refractivity contribution in [2.24, 2.45) is 0 Å². The molecule has 0 saturated carbocycles. The predicted molar refractivity (Wildman–Crippen MR) is 77.6 cm³/mol. The summed E-state index contributed by atoms with van der Waals surface area (Å²) in [6, 6.07) is 9.24. The molecule has 3 nitrogen and oxygen atoms in total. The zero-order valence-corrected chi connectivity index (χ0v) is 11.8. The lowest BCUT2D eigenvalue weighted by atomic mass is 10.1. The van der Waals surface area contributed by atoms with E-state index in [1.807, 2.05) is 6.92 Å². The Morgan fingerprint density at radius 3 is 2.68 bits per heavy atom. The summed E-state index contributed by atoms with van der Waals surface area (Å²) in [6.07, 6.45) is 0. The smallest absolute Gasteiger partial charge is 0.257 e. The molecule has 0 fully saturated rings. The van der Waals surface area contributed by atoms with Crippen molar-refractivity contribution in [3.8, 4) is 0 Å². The molecule has 19 heavy (non-hydrogen) atoms. The number of halogens is 2. The van der Waals surface area contributed by atoms with E-state index in [-0.39, 0.29) is 5.91 Å². The van der Waals surface area contributed by atoms with E-state index in [4.69, 9.17) is 5.73 Å². The van der Waals surface area contributed by atoms with Crippen LogP contribution in [0.2, 0.25) is 0 Å². The number of carbonyl (C=O) groups excluding carboxylic acids is 1. The third kappa shape index (κ3) is 3.12. The number of nitrogens with two attached hydrogens (primary N) is 1. The molecule has 3 N–H and O–H groups in total. The highest BCUT2D eigenvalue weighted by Gasteiger charge is 2.12. The SMILES string of the molecule is Cc1ccc(C(=O)Nc2cc(F)ccc2Br)c(N)c1. The topological polar surface area (TPSA) is 55.1 Å².